The molecule has 191 valence electrons. The molecule has 36 heavy (non-hydrogen) atoms. The van der Waals surface area contributed by atoms with E-state index in [1.165, 1.54) is 81.8 Å². The van der Waals surface area contributed by atoms with Gasteiger partial charge in [0.15, 0.2) is 0 Å². The number of para-hydroxylation sites is 1. The van der Waals surface area contributed by atoms with Gasteiger partial charge in [0, 0.05) is 15.9 Å². The third-order valence-corrected chi connectivity index (χ3v) is 8.38. The number of fused-ring (bicyclic) bond motifs is 1. The molecule has 3 heteroatoms. The number of rotatable bonds is 15. The number of ether oxygens (including phenoxy) is 1. The monoisotopic (exact) mass is 501 g/mol. The number of unbranched alkanes of at least 4 members (excludes halogenated alkanes) is 10. The Morgan fingerprint density at radius 2 is 1.28 bits per heavy atom. The minimum Gasteiger partial charge on any atom is -0.456 e. The van der Waals surface area contributed by atoms with Gasteiger partial charge in [0.05, 0.1) is 0 Å². The van der Waals surface area contributed by atoms with E-state index in [4.69, 9.17) is 4.74 Å². The molecule has 0 N–H and O–H groups in total. The van der Waals surface area contributed by atoms with E-state index in [9.17, 15) is 4.55 Å². The number of hydrogen-bond donors (Lipinski definition) is 1. The molecule has 1 radical (unpaired) electrons. The molecule has 0 saturated carbocycles. The molecule has 1 aliphatic heterocycles. The van der Waals surface area contributed by atoms with Gasteiger partial charge in [-0.15, -0.1) is 0 Å². The zero-order valence-electron chi connectivity index (χ0n) is 21.8. The van der Waals surface area contributed by atoms with Gasteiger partial charge in [-0.25, -0.2) is 0 Å². The van der Waals surface area contributed by atoms with E-state index < -0.39 is 11.2 Å². The summed E-state index contributed by atoms with van der Waals surface area (Å²) in [5, 5.41) is 1.74. The quantitative estimate of drug-likeness (QED) is 0.163. The van der Waals surface area contributed by atoms with Crippen LogP contribution in [0.15, 0.2) is 83.1 Å². The fourth-order valence-electron chi connectivity index (χ4n) is 4.90. The first-order valence-corrected chi connectivity index (χ1v) is 15.2. The lowest BCUT2D eigenvalue weighted by atomic mass is 9.99. The molecule has 0 saturated heterocycles. The summed E-state index contributed by atoms with van der Waals surface area (Å²) in [7, 11) is 0. The molecule has 0 amide bonds. The molecule has 1 aliphatic rings. The summed E-state index contributed by atoms with van der Waals surface area (Å²) in [5.74, 6) is 1.45. The van der Waals surface area contributed by atoms with Crippen LogP contribution >= 0.6 is 11.2 Å². The summed E-state index contributed by atoms with van der Waals surface area (Å²) in [6, 6.07) is 24.8. The molecule has 3 aromatic rings. The van der Waals surface area contributed by atoms with Gasteiger partial charge in [0.2, 0.25) is 0 Å². The Bertz CT molecular complexity index is 1090. The predicted molar refractivity (Wildman–Crippen MR) is 155 cm³/mol. The van der Waals surface area contributed by atoms with Crippen LogP contribution in [0.2, 0.25) is 0 Å². The second-order valence-electron chi connectivity index (χ2n) is 9.95. The molecule has 4 rings (SSSR count). The van der Waals surface area contributed by atoms with Crippen molar-refractivity contribution < 1.29 is 9.29 Å². The average Bonchev–Trinajstić information content (AvgIpc) is 3.22. The first-order valence-electron chi connectivity index (χ1n) is 13.9. The summed E-state index contributed by atoms with van der Waals surface area (Å²) in [5.41, 5.74) is 4.60. The lowest BCUT2D eigenvalue weighted by Gasteiger charge is -2.11. The zero-order chi connectivity index (χ0) is 25.0. The fourth-order valence-corrected chi connectivity index (χ4v) is 6.13. The second-order valence-corrected chi connectivity index (χ2v) is 11.3. The van der Waals surface area contributed by atoms with Crippen LogP contribution in [0.5, 0.6) is 5.75 Å². The highest BCUT2D eigenvalue weighted by Gasteiger charge is 2.23. The van der Waals surface area contributed by atoms with Gasteiger partial charge in [0.1, 0.15) is 11.5 Å². The largest absolute Gasteiger partial charge is 0.456 e. The van der Waals surface area contributed by atoms with Crippen molar-refractivity contribution in [2.24, 2.45) is 0 Å². The van der Waals surface area contributed by atoms with Gasteiger partial charge in [-0.3, -0.25) is 0 Å². The number of aryl methyl sites for hydroxylation is 1. The van der Waals surface area contributed by atoms with Crippen molar-refractivity contribution >= 4 is 16.9 Å². The number of hydrogen-bond acceptors (Lipinski definition) is 1. The van der Waals surface area contributed by atoms with Crippen molar-refractivity contribution in [3.63, 3.8) is 0 Å². The van der Waals surface area contributed by atoms with Crippen LogP contribution in [0.25, 0.3) is 16.9 Å². The van der Waals surface area contributed by atoms with E-state index in [1.54, 1.807) is 5.41 Å². The van der Waals surface area contributed by atoms with Gasteiger partial charge in [-0.05, 0) is 53.8 Å². The molecule has 2 nitrogen and oxygen atoms in total. The van der Waals surface area contributed by atoms with Crippen molar-refractivity contribution in [3.8, 4) is 16.9 Å². The Morgan fingerprint density at radius 1 is 0.667 bits per heavy atom. The average molecular weight is 502 g/mol. The van der Waals surface area contributed by atoms with Gasteiger partial charge in [0.25, 0.3) is 0 Å². The molecular formula is C33H41O2S. The fraction of sp³-hybridized carbons (Fsp3) is 0.394. The Hall–Kier alpha value is -2.49. The van der Waals surface area contributed by atoms with E-state index in [0.29, 0.717) is 5.76 Å². The highest BCUT2D eigenvalue weighted by molar-refractivity contribution is 8.15. The maximum atomic E-state index is 12.8. The highest BCUT2D eigenvalue weighted by atomic mass is 32.2. The van der Waals surface area contributed by atoms with Gasteiger partial charge < -0.3 is 4.74 Å². The normalized spacial score (nSPS) is 15.5. The summed E-state index contributed by atoms with van der Waals surface area (Å²) in [6.45, 7) is 2.28. The summed E-state index contributed by atoms with van der Waals surface area (Å²) >= 11 is -1.59. The molecule has 1 heterocycles. The SMILES string of the molecule is CCCCCCCCCCCCCc1ccc(-c2ccc3c(c2)[SH]([O])C=C3Oc2ccccc2)cc1. The lowest BCUT2D eigenvalue weighted by Crippen LogP contribution is -1.93. The highest BCUT2D eigenvalue weighted by Crippen LogP contribution is 2.49. The second kappa shape index (κ2) is 14.3. The van der Waals surface area contributed by atoms with Gasteiger partial charge in [-0.1, -0.05) is 131 Å². The van der Waals surface area contributed by atoms with Crippen LogP contribution in [0, 0.1) is 0 Å². The molecule has 1 atom stereocenters. The third-order valence-electron chi connectivity index (χ3n) is 7.06. The molecule has 1 unspecified atom stereocenters. The molecule has 0 spiro atoms. The molecule has 3 aromatic carbocycles. The van der Waals surface area contributed by atoms with Crippen molar-refractivity contribution in [2.75, 3.05) is 0 Å². The number of thiol groups is 1. The van der Waals surface area contributed by atoms with Gasteiger partial charge in [-0.2, -0.15) is 4.55 Å². The summed E-state index contributed by atoms with van der Waals surface area (Å²) < 4.78 is 18.8. The molecule has 0 fully saturated rings. The van der Waals surface area contributed by atoms with Crippen molar-refractivity contribution in [1.29, 1.82) is 0 Å². The standard InChI is InChI=1S/C33H41O2S/c1-2-3-4-5-6-7-8-9-10-11-13-16-27-19-21-28(22-20-27)29-23-24-31-32(26-36(34)33(31)25-29)35-30-17-14-12-15-18-30/h12,14-15,17-26,36H,2-11,13,16H2,1H3. The zero-order valence-corrected chi connectivity index (χ0v) is 22.6. The topological polar surface area (TPSA) is 29.1 Å². The number of benzene rings is 3. The van der Waals surface area contributed by atoms with E-state index in [-0.39, 0.29) is 0 Å². The summed E-state index contributed by atoms with van der Waals surface area (Å²) in [4.78, 5) is 0.860. The third kappa shape index (κ3) is 7.75. The molecule has 0 aliphatic carbocycles. The minimum atomic E-state index is -1.59. The van der Waals surface area contributed by atoms with Crippen molar-refractivity contribution in [3.05, 3.63) is 89.3 Å². The van der Waals surface area contributed by atoms with Crippen LogP contribution in [-0.4, -0.2) is 0 Å². The van der Waals surface area contributed by atoms with E-state index in [1.807, 2.05) is 36.4 Å². The van der Waals surface area contributed by atoms with Crippen LogP contribution in [0.4, 0.5) is 0 Å². The molecular weight excluding hydrogens is 460 g/mol. The first-order chi connectivity index (χ1) is 17.7. The van der Waals surface area contributed by atoms with Gasteiger partial charge >= 0.3 is 0 Å². The Morgan fingerprint density at radius 3 is 1.94 bits per heavy atom. The minimum absolute atomic E-state index is 0.686. The lowest BCUT2D eigenvalue weighted by molar-refractivity contribution is 0.515. The molecule has 0 aromatic heterocycles. The van der Waals surface area contributed by atoms with Crippen LogP contribution < -0.4 is 4.74 Å². The molecule has 0 bridgehead atoms. The van der Waals surface area contributed by atoms with Crippen molar-refractivity contribution in [1.82, 2.24) is 0 Å². The van der Waals surface area contributed by atoms with Crippen molar-refractivity contribution in [2.45, 2.75) is 88.9 Å². The Labute approximate surface area is 221 Å². The van der Waals surface area contributed by atoms with Crippen LogP contribution in [0.1, 0.15) is 88.7 Å². The van der Waals surface area contributed by atoms with E-state index in [2.05, 4.69) is 43.3 Å². The van der Waals surface area contributed by atoms with Crippen LogP contribution in [0.3, 0.4) is 0 Å². The first kappa shape index (κ1) is 26.6. The summed E-state index contributed by atoms with van der Waals surface area (Å²) in [6.07, 6.45) is 16.3. The van der Waals surface area contributed by atoms with E-state index >= 15 is 0 Å². The Balaban J connectivity index is 1.21. The maximum absolute atomic E-state index is 12.8. The smallest absolute Gasteiger partial charge is 0.142 e. The van der Waals surface area contributed by atoms with E-state index in [0.717, 1.165) is 28.2 Å². The predicted octanol–water partition coefficient (Wildman–Crippen LogP) is 10.3. The van der Waals surface area contributed by atoms with Crippen LogP contribution in [-0.2, 0) is 11.0 Å². The Kier molecular flexibility index (Phi) is 10.6. The maximum Gasteiger partial charge on any atom is 0.142 e.